The number of halogens is 4. The van der Waals surface area contributed by atoms with Gasteiger partial charge in [-0.05, 0) is 43.2 Å². The molecule has 2 N–H and O–H groups in total. The quantitative estimate of drug-likeness (QED) is 0.728. The first-order valence-electron chi connectivity index (χ1n) is 8.11. The molecule has 0 aromatic heterocycles. The molecule has 0 heterocycles. The zero-order chi connectivity index (χ0) is 19.3. The lowest BCUT2D eigenvalue weighted by molar-refractivity contribution is -0.137. The summed E-state index contributed by atoms with van der Waals surface area (Å²) >= 11 is 0. The third-order valence-corrected chi connectivity index (χ3v) is 3.88. The number of hydrogen-bond donors (Lipinski definition) is 2. The highest BCUT2D eigenvalue weighted by Gasteiger charge is 2.33. The Hall–Kier alpha value is -2.41. The highest BCUT2D eigenvalue weighted by molar-refractivity contribution is 5.92. The van der Waals surface area contributed by atoms with Gasteiger partial charge in [0.15, 0.2) is 0 Å². The molecule has 0 saturated heterocycles. The third kappa shape index (κ3) is 5.56. The smallest absolute Gasteiger partial charge is 0.325 e. The van der Waals surface area contributed by atoms with Crippen LogP contribution >= 0.6 is 0 Å². The van der Waals surface area contributed by atoms with E-state index < -0.39 is 17.6 Å². The van der Waals surface area contributed by atoms with Crippen LogP contribution in [0, 0.1) is 12.7 Å². The molecule has 7 heteroatoms. The molecule has 0 saturated carbocycles. The molecule has 0 aliphatic rings. The molecule has 2 rings (SSSR count). The van der Waals surface area contributed by atoms with Crippen molar-refractivity contribution in [2.45, 2.75) is 39.0 Å². The van der Waals surface area contributed by atoms with E-state index in [-0.39, 0.29) is 24.0 Å². The topological polar surface area (TPSA) is 41.1 Å². The predicted molar refractivity (Wildman–Crippen MR) is 92.1 cm³/mol. The van der Waals surface area contributed by atoms with Crippen molar-refractivity contribution in [1.82, 2.24) is 5.32 Å². The van der Waals surface area contributed by atoms with E-state index in [4.69, 9.17) is 0 Å². The molecule has 0 bridgehead atoms. The lowest BCUT2D eigenvalue weighted by Crippen LogP contribution is -2.30. The van der Waals surface area contributed by atoms with Gasteiger partial charge in [-0.2, -0.15) is 13.2 Å². The molecule has 2 aromatic rings. The Bertz CT molecular complexity index is 774. The summed E-state index contributed by atoms with van der Waals surface area (Å²) < 4.78 is 52.1. The van der Waals surface area contributed by atoms with Gasteiger partial charge in [-0.15, -0.1) is 0 Å². The molecular weight excluding hydrogens is 348 g/mol. The number of hydrogen-bond acceptors (Lipinski definition) is 2. The Morgan fingerprint density at radius 1 is 1.15 bits per heavy atom. The first kappa shape index (κ1) is 19.9. The molecule has 1 unspecified atom stereocenters. The average Bonchev–Trinajstić information content (AvgIpc) is 2.55. The highest BCUT2D eigenvalue weighted by Crippen LogP contribution is 2.34. The number of rotatable bonds is 6. The average molecular weight is 368 g/mol. The Morgan fingerprint density at radius 2 is 1.85 bits per heavy atom. The molecule has 1 amide bonds. The zero-order valence-corrected chi connectivity index (χ0v) is 14.5. The lowest BCUT2D eigenvalue weighted by Gasteiger charge is -2.16. The molecule has 0 aliphatic carbocycles. The summed E-state index contributed by atoms with van der Waals surface area (Å²) in [5, 5.41) is 5.42. The molecule has 0 spiro atoms. The Labute approximate surface area is 149 Å². The Kier molecular flexibility index (Phi) is 6.37. The van der Waals surface area contributed by atoms with Crippen molar-refractivity contribution in [3.05, 3.63) is 65.0 Å². The van der Waals surface area contributed by atoms with Crippen molar-refractivity contribution >= 4 is 11.6 Å². The molecule has 3 nitrogen and oxygen atoms in total. The zero-order valence-electron chi connectivity index (χ0n) is 14.5. The number of benzene rings is 2. The number of para-hydroxylation sites is 1. The van der Waals surface area contributed by atoms with E-state index in [2.05, 4.69) is 10.6 Å². The van der Waals surface area contributed by atoms with Gasteiger partial charge in [0.1, 0.15) is 5.82 Å². The van der Waals surface area contributed by atoms with E-state index in [0.29, 0.717) is 12.1 Å². The van der Waals surface area contributed by atoms with Gasteiger partial charge in [0.05, 0.1) is 11.3 Å². The molecule has 0 radical (unpaired) electrons. The second-order valence-corrected chi connectivity index (χ2v) is 6.16. The molecule has 2 aromatic carbocycles. The number of carbonyl (C=O) groups is 1. The summed E-state index contributed by atoms with van der Waals surface area (Å²) in [5.74, 6) is -0.804. The summed E-state index contributed by atoms with van der Waals surface area (Å²) in [7, 11) is 0. The van der Waals surface area contributed by atoms with Crippen molar-refractivity contribution in [1.29, 1.82) is 0 Å². The van der Waals surface area contributed by atoms with Crippen LogP contribution in [-0.2, 0) is 17.5 Å². The van der Waals surface area contributed by atoms with Crippen molar-refractivity contribution in [3.63, 3.8) is 0 Å². The monoisotopic (exact) mass is 368 g/mol. The summed E-state index contributed by atoms with van der Waals surface area (Å²) in [6.45, 7) is 3.84. The van der Waals surface area contributed by atoms with Crippen molar-refractivity contribution in [3.8, 4) is 0 Å². The van der Waals surface area contributed by atoms with Crippen LogP contribution in [0.2, 0.25) is 0 Å². The summed E-state index contributed by atoms with van der Waals surface area (Å²) in [6.07, 6.45) is -4.53. The van der Waals surface area contributed by atoms with E-state index in [1.807, 2.05) is 0 Å². The van der Waals surface area contributed by atoms with Crippen molar-refractivity contribution in [2.75, 3.05) is 5.32 Å². The van der Waals surface area contributed by atoms with Crippen LogP contribution in [0.4, 0.5) is 23.2 Å². The Morgan fingerprint density at radius 3 is 2.50 bits per heavy atom. The van der Waals surface area contributed by atoms with Crippen LogP contribution in [0.15, 0.2) is 42.5 Å². The van der Waals surface area contributed by atoms with Crippen LogP contribution in [0.3, 0.4) is 0 Å². The van der Waals surface area contributed by atoms with E-state index in [9.17, 15) is 22.4 Å². The van der Waals surface area contributed by atoms with Crippen LogP contribution in [0.1, 0.15) is 30.0 Å². The van der Waals surface area contributed by atoms with E-state index in [1.165, 1.54) is 24.3 Å². The maximum Gasteiger partial charge on any atom is 0.418 e. The maximum atomic E-state index is 13.2. The van der Waals surface area contributed by atoms with Gasteiger partial charge >= 0.3 is 6.18 Å². The van der Waals surface area contributed by atoms with Gasteiger partial charge in [0.2, 0.25) is 5.91 Å². The second kappa shape index (κ2) is 8.31. The van der Waals surface area contributed by atoms with E-state index >= 15 is 0 Å². The number of anilines is 1. The fourth-order valence-corrected chi connectivity index (χ4v) is 2.50. The molecule has 0 fully saturated rings. The highest BCUT2D eigenvalue weighted by atomic mass is 19.4. The molecule has 26 heavy (non-hydrogen) atoms. The first-order valence-corrected chi connectivity index (χ1v) is 8.11. The molecule has 140 valence electrons. The van der Waals surface area contributed by atoms with E-state index in [1.54, 1.807) is 26.0 Å². The number of nitrogens with one attached hydrogen (secondary N) is 2. The van der Waals surface area contributed by atoms with Crippen LogP contribution in [-0.4, -0.2) is 11.9 Å². The number of amides is 1. The standard InChI is InChI=1S/C19H20F4N2O/c1-12-9-14(7-8-16(12)20)11-24-13(2)10-18(26)25-17-6-4-3-5-15(17)19(21,22)23/h3-9,13,24H,10-11H2,1-2H3,(H,25,26). The van der Waals surface area contributed by atoms with Gasteiger partial charge in [0.25, 0.3) is 0 Å². The van der Waals surface area contributed by atoms with Crippen LogP contribution < -0.4 is 10.6 Å². The second-order valence-electron chi connectivity index (χ2n) is 6.16. The fourth-order valence-electron chi connectivity index (χ4n) is 2.50. The SMILES string of the molecule is Cc1cc(CNC(C)CC(=O)Nc2ccccc2C(F)(F)F)ccc1F. The summed E-state index contributed by atoms with van der Waals surface area (Å²) in [6, 6.07) is 9.30. The first-order chi connectivity index (χ1) is 12.2. The van der Waals surface area contributed by atoms with Gasteiger partial charge < -0.3 is 10.6 Å². The minimum atomic E-state index is -4.53. The number of alkyl halides is 3. The minimum Gasteiger partial charge on any atom is -0.325 e. The lowest BCUT2D eigenvalue weighted by atomic mass is 10.1. The Balaban J connectivity index is 1.90. The summed E-state index contributed by atoms with van der Waals surface area (Å²) in [5.41, 5.74) is 0.249. The maximum absolute atomic E-state index is 13.2. The van der Waals surface area contributed by atoms with Crippen LogP contribution in [0.25, 0.3) is 0 Å². The minimum absolute atomic E-state index is 0.00632. The fraction of sp³-hybridized carbons (Fsp3) is 0.316. The normalized spacial score (nSPS) is 12.7. The predicted octanol–water partition coefficient (Wildman–Crippen LogP) is 4.66. The van der Waals surface area contributed by atoms with Crippen molar-refractivity contribution < 1.29 is 22.4 Å². The summed E-state index contributed by atoms with van der Waals surface area (Å²) in [4.78, 5) is 12.0. The molecule has 0 aliphatic heterocycles. The van der Waals surface area contributed by atoms with Gasteiger partial charge in [-0.1, -0.05) is 24.3 Å². The largest absolute Gasteiger partial charge is 0.418 e. The van der Waals surface area contributed by atoms with E-state index in [0.717, 1.165) is 11.6 Å². The van der Waals surface area contributed by atoms with Gasteiger partial charge in [-0.3, -0.25) is 4.79 Å². The third-order valence-electron chi connectivity index (χ3n) is 3.88. The van der Waals surface area contributed by atoms with Crippen molar-refractivity contribution in [2.24, 2.45) is 0 Å². The van der Waals surface area contributed by atoms with Gasteiger partial charge in [0, 0.05) is 19.0 Å². The molecule has 1 atom stereocenters. The van der Waals surface area contributed by atoms with Crippen LogP contribution in [0.5, 0.6) is 0 Å². The molecular formula is C19H20F4N2O. The number of aryl methyl sites for hydroxylation is 1. The van der Waals surface area contributed by atoms with Gasteiger partial charge in [-0.25, -0.2) is 4.39 Å². The number of carbonyl (C=O) groups excluding carboxylic acids is 1.